The van der Waals surface area contributed by atoms with Crippen LogP contribution in [0.15, 0.2) is 65.8 Å². The Labute approximate surface area is 182 Å². The van der Waals surface area contributed by atoms with Crippen molar-refractivity contribution in [1.82, 2.24) is 5.43 Å². The van der Waals surface area contributed by atoms with E-state index < -0.39 is 12.0 Å². The SMILES string of the molecule is CCCCCOc1ccc(O[C@@H](C)C(=O)N/N=C\c2c(O)ccc3ccccc23)cc1. The second kappa shape index (κ2) is 11.0. The number of carbonyl (C=O) groups is 1. The van der Waals surface area contributed by atoms with E-state index in [1.807, 2.05) is 42.5 Å². The van der Waals surface area contributed by atoms with Gasteiger partial charge >= 0.3 is 0 Å². The number of amides is 1. The average Bonchev–Trinajstić information content (AvgIpc) is 2.79. The van der Waals surface area contributed by atoms with Crippen LogP contribution >= 0.6 is 0 Å². The van der Waals surface area contributed by atoms with Gasteiger partial charge in [-0.2, -0.15) is 5.10 Å². The number of aromatic hydroxyl groups is 1. The second-order valence-corrected chi connectivity index (χ2v) is 7.24. The normalized spacial score (nSPS) is 12.1. The van der Waals surface area contributed by atoms with Crippen molar-refractivity contribution >= 4 is 22.9 Å². The van der Waals surface area contributed by atoms with Gasteiger partial charge in [-0.1, -0.05) is 50.1 Å². The molecular formula is C25H28N2O4. The Bertz CT molecular complexity index is 1030. The Balaban J connectivity index is 1.54. The van der Waals surface area contributed by atoms with Crippen LogP contribution in [0, 0.1) is 0 Å². The van der Waals surface area contributed by atoms with Gasteiger partial charge < -0.3 is 14.6 Å². The molecule has 6 heteroatoms. The molecule has 6 nitrogen and oxygen atoms in total. The lowest BCUT2D eigenvalue weighted by molar-refractivity contribution is -0.127. The summed E-state index contributed by atoms with van der Waals surface area (Å²) in [5, 5.41) is 16.0. The lowest BCUT2D eigenvalue weighted by Gasteiger charge is -2.13. The first-order valence-corrected chi connectivity index (χ1v) is 10.5. The van der Waals surface area contributed by atoms with Gasteiger partial charge in [0.05, 0.1) is 12.8 Å². The zero-order chi connectivity index (χ0) is 22.1. The quantitative estimate of drug-likeness (QED) is 0.274. The molecule has 162 valence electrons. The number of fused-ring (bicyclic) bond motifs is 1. The molecular weight excluding hydrogens is 392 g/mol. The number of phenolic OH excluding ortho intramolecular Hbond substituents is 1. The molecule has 2 N–H and O–H groups in total. The van der Waals surface area contributed by atoms with E-state index in [2.05, 4.69) is 17.5 Å². The third-order valence-corrected chi connectivity index (χ3v) is 4.84. The van der Waals surface area contributed by atoms with Gasteiger partial charge in [0, 0.05) is 5.56 Å². The minimum Gasteiger partial charge on any atom is -0.507 e. The van der Waals surface area contributed by atoms with E-state index >= 15 is 0 Å². The van der Waals surface area contributed by atoms with Crippen molar-refractivity contribution in [2.24, 2.45) is 5.10 Å². The molecule has 1 atom stereocenters. The van der Waals surface area contributed by atoms with Crippen molar-refractivity contribution in [2.45, 2.75) is 39.2 Å². The Morgan fingerprint density at radius 2 is 1.81 bits per heavy atom. The van der Waals surface area contributed by atoms with Crippen LogP contribution in [-0.2, 0) is 4.79 Å². The van der Waals surface area contributed by atoms with Crippen molar-refractivity contribution in [1.29, 1.82) is 0 Å². The average molecular weight is 421 g/mol. The molecule has 0 aliphatic rings. The molecule has 1 amide bonds. The third kappa shape index (κ3) is 6.22. The molecule has 0 aliphatic carbocycles. The Hall–Kier alpha value is -3.54. The summed E-state index contributed by atoms with van der Waals surface area (Å²) >= 11 is 0. The first-order valence-electron chi connectivity index (χ1n) is 10.5. The molecule has 0 fully saturated rings. The zero-order valence-electron chi connectivity index (χ0n) is 17.9. The predicted molar refractivity (Wildman–Crippen MR) is 123 cm³/mol. The number of unbranched alkanes of at least 4 members (excludes halogenated alkanes) is 2. The van der Waals surface area contributed by atoms with Crippen LogP contribution in [-0.4, -0.2) is 29.9 Å². The van der Waals surface area contributed by atoms with Gasteiger partial charge in [-0.3, -0.25) is 4.79 Å². The highest BCUT2D eigenvalue weighted by Gasteiger charge is 2.14. The van der Waals surface area contributed by atoms with E-state index in [1.54, 1.807) is 25.1 Å². The summed E-state index contributed by atoms with van der Waals surface area (Å²) in [7, 11) is 0. The standard InChI is InChI=1S/C25H28N2O4/c1-3-4-7-16-30-20-11-13-21(14-12-20)31-18(2)25(29)27-26-17-23-22-9-6-5-8-19(22)10-15-24(23)28/h5-6,8-15,17-18,28H,3-4,7,16H2,1-2H3,(H,27,29)/b26-17-/t18-/m0/s1. The van der Waals surface area contributed by atoms with Crippen LogP contribution in [0.3, 0.4) is 0 Å². The molecule has 31 heavy (non-hydrogen) atoms. The number of phenols is 1. The van der Waals surface area contributed by atoms with Crippen molar-refractivity contribution in [3.05, 3.63) is 66.2 Å². The molecule has 0 heterocycles. The summed E-state index contributed by atoms with van der Waals surface area (Å²) in [4.78, 5) is 12.3. The van der Waals surface area contributed by atoms with Crippen LogP contribution in [0.1, 0.15) is 38.7 Å². The number of hydrogen-bond acceptors (Lipinski definition) is 5. The van der Waals surface area contributed by atoms with E-state index in [-0.39, 0.29) is 5.75 Å². The first kappa shape index (κ1) is 22.2. The first-order chi connectivity index (χ1) is 15.1. The lowest BCUT2D eigenvalue weighted by Crippen LogP contribution is -2.33. The minimum atomic E-state index is -0.741. The smallest absolute Gasteiger partial charge is 0.280 e. The molecule has 0 aliphatic heterocycles. The predicted octanol–water partition coefficient (Wildman–Crippen LogP) is 5.03. The van der Waals surface area contributed by atoms with Gasteiger partial charge in [0.25, 0.3) is 5.91 Å². The Kier molecular flexibility index (Phi) is 7.87. The molecule has 0 aromatic heterocycles. The molecule has 0 spiro atoms. The maximum Gasteiger partial charge on any atom is 0.280 e. The summed E-state index contributed by atoms with van der Waals surface area (Å²) in [5.74, 6) is 1.05. The Morgan fingerprint density at radius 1 is 1.06 bits per heavy atom. The summed E-state index contributed by atoms with van der Waals surface area (Å²) in [6, 6.07) is 18.3. The highest BCUT2D eigenvalue weighted by atomic mass is 16.5. The highest BCUT2D eigenvalue weighted by Crippen LogP contribution is 2.25. The lowest BCUT2D eigenvalue weighted by atomic mass is 10.0. The van der Waals surface area contributed by atoms with Crippen LogP contribution < -0.4 is 14.9 Å². The fraction of sp³-hybridized carbons (Fsp3) is 0.280. The van der Waals surface area contributed by atoms with Crippen molar-refractivity contribution < 1.29 is 19.4 Å². The number of hydrazone groups is 1. The number of nitrogens with zero attached hydrogens (tertiary/aromatic N) is 1. The number of carbonyl (C=O) groups excluding carboxylic acids is 1. The molecule has 0 radical (unpaired) electrons. The van der Waals surface area contributed by atoms with Crippen molar-refractivity contribution in [3.63, 3.8) is 0 Å². The summed E-state index contributed by atoms with van der Waals surface area (Å²) in [6.07, 6.45) is 4.03. The molecule has 3 aromatic carbocycles. The molecule has 3 rings (SSSR count). The molecule has 0 unspecified atom stereocenters. The van der Waals surface area contributed by atoms with Gasteiger partial charge in [0.15, 0.2) is 6.10 Å². The van der Waals surface area contributed by atoms with Crippen LogP contribution in [0.25, 0.3) is 10.8 Å². The maximum absolute atomic E-state index is 12.3. The van der Waals surface area contributed by atoms with E-state index in [9.17, 15) is 9.90 Å². The van der Waals surface area contributed by atoms with Crippen LogP contribution in [0.5, 0.6) is 17.2 Å². The molecule has 0 saturated heterocycles. The highest BCUT2D eigenvalue weighted by molar-refractivity contribution is 6.02. The van der Waals surface area contributed by atoms with E-state index in [0.29, 0.717) is 17.9 Å². The molecule has 0 saturated carbocycles. The van der Waals surface area contributed by atoms with Gasteiger partial charge in [-0.15, -0.1) is 0 Å². The second-order valence-electron chi connectivity index (χ2n) is 7.24. The van der Waals surface area contributed by atoms with Crippen LogP contribution in [0.2, 0.25) is 0 Å². The minimum absolute atomic E-state index is 0.0954. The number of benzene rings is 3. The van der Waals surface area contributed by atoms with E-state index in [0.717, 1.165) is 35.8 Å². The largest absolute Gasteiger partial charge is 0.507 e. The number of ether oxygens (including phenoxy) is 2. The van der Waals surface area contributed by atoms with Crippen LogP contribution in [0.4, 0.5) is 0 Å². The number of nitrogens with one attached hydrogen (secondary N) is 1. The maximum atomic E-state index is 12.3. The van der Waals surface area contributed by atoms with Crippen molar-refractivity contribution in [3.8, 4) is 17.2 Å². The van der Waals surface area contributed by atoms with E-state index in [4.69, 9.17) is 9.47 Å². The van der Waals surface area contributed by atoms with E-state index in [1.165, 1.54) is 6.21 Å². The summed E-state index contributed by atoms with van der Waals surface area (Å²) in [6.45, 7) is 4.49. The zero-order valence-corrected chi connectivity index (χ0v) is 17.9. The Morgan fingerprint density at radius 3 is 2.58 bits per heavy atom. The van der Waals surface area contributed by atoms with Gasteiger partial charge in [-0.25, -0.2) is 5.43 Å². The van der Waals surface area contributed by atoms with Gasteiger partial charge in [0.1, 0.15) is 17.2 Å². The topological polar surface area (TPSA) is 80.2 Å². The summed E-state index contributed by atoms with van der Waals surface area (Å²) in [5.41, 5.74) is 3.01. The summed E-state index contributed by atoms with van der Waals surface area (Å²) < 4.78 is 11.4. The molecule has 3 aromatic rings. The number of rotatable bonds is 10. The fourth-order valence-electron chi connectivity index (χ4n) is 3.09. The molecule has 0 bridgehead atoms. The monoisotopic (exact) mass is 420 g/mol. The van der Waals surface area contributed by atoms with Gasteiger partial charge in [-0.05, 0) is 54.4 Å². The van der Waals surface area contributed by atoms with Gasteiger partial charge in [0.2, 0.25) is 0 Å². The third-order valence-electron chi connectivity index (χ3n) is 4.84. The number of hydrogen-bond donors (Lipinski definition) is 2. The van der Waals surface area contributed by atoms with Crippen molar-refractivity contribution in [2.75, 3.05) is 6.61 Å². The fourth-order valence-corrected chi connectivity index (χ4v) is 3.09.